The Hall–Kier alpha value is -4.84. The van der Waals surface area contributed by atoms with Gasteiger partial charge >= 0.3 is 0 Å². The quantitative estimate of drug-likeness (QED) is 0.191. The Morgan fingerprint density at radius 1 is 0.816 bits per heavy atom. The molecule has 6 heteroatoms. The minimum Gasteiger partial charge on any atom is -0.280 e. The van der Waals surface area contributed by atoms with Crippen LogP contribution in [0.1, 0.15) is 54.6 Å². The van der Waals surface area contributed by atoms with E-state index in [-0.39, 0.29) is 6.04 Å². The van der Waals surface area contributed by atoms with Crippen LogP contribution in [0.3, 0.4) is 0 Å². The summed E-state index contributed by atoms with van der Waals surface area (Å²) in [6.45, 7) is 9.86. The first kappa shape index (κ1) is 23.6. The highest BCUT2D eigenvalue weighted by Crippen LogP contribution is 2.45. The van der Waals surface area contributed by atoms with Crippen molar-refractivity contribution in [2.45, 2.75) is 26.8 Å². The fourth-order valence-corrected chi connectivity index (χ4v) is 5.44. The van der Waals surface area contributed by atoms with Crippen molar-refractivity contribution < 1.29 is 0 Å². The van der Waals surface area contributed by atoms with Gasteiger partial charge in [-0.15, -0.1) is 0 Å². The van der Waals surface area contributed by atoms with Crippen molar-refractivity contribution in [3.05, 3.63) is 95.0 Å². The molecule has 6 nitrogen and oxygen atoms in total. The van der Waals surface area contributed by atoms with E-state index in [0.29, 0.717) is 0 Å². The summed E-state index contributed by atoms with van der Waals surface area (Å²) in [4.78, 5) is 28.1. The third kappa shape index (κ3) is 3.41. The van der Waals surface area contributed by atoms with Crippen LogP contribution in [0.5, 0.6) is 0 Å². The summed E-state index contributed by atoms with van der Waals surface area (Å²) in [5.74, 6) is 0. The van der Waals surface area contributed by atoms with Gasteiger partial charge in [-0.25, -0.2) is 0 Å². The van der Waals surface area contributed by atoms with Crippen LogP contribution < -0.4 is 0 Å². The van der Waals surface area contributed by atoms with E-state index in [1.165, 1.54) is 0 Å². The monoisotopic (exact) mass is 494 g/mol. The Balaban J connectivity index is 0.00000129. The molecule has 0 radical (unpaired) electrons. The maximum atomic E-state index is 4.92. The molecule has 0 saturated carbocycles. The van der Waals surface area contributed by atoms with Crippen LogP contribution in [0, 0.1) is 0 Å². The minimum absolute atomic E-state index is 0.217. The average Bonchev–Trinajstić information content (AvgIpc) is 3.60. The maximum absolute atomic E-state index is 4.92. The Kier molecular flexibility index (Phi) is 5.92. The van der Waals surface area contributed by atoms with Crippen LogP contribution in [-0.2, 0) is 0 Å². The third-order valence-electron chi connectivity index (χ3n) is 6.88. The molecule has 0 aliphatic carbocycles. The largest absolute Gasteiger partial charge is 0.280 e. The SMILES string of the molecule is C=Nc1c(/C=C\C)c2c(c3cccnc13)C=NC2/C=C1\N=Cc2c1c1cccnc1c1ncccc21.CC. The standard InChI is InChI=1S/C30H20N6.C2H6/c1-3-7-19-25-21(17-8-4-11-32-28(17)27(19)31-2)15-35-23(25)14-24-26-20-10-6-13-34-30(20)29-18(9-5-12-33-29)22(26)16-36-24;1-2/h3-16,23H,2H2,1H3;1-2H3/b7-3-,24-14-;. The smallest absolute Gasteiger partial charge is 0.0971 e. The highest BCUT2D eigenvalue weighted by Gasteiger charge is 2.28. The normalized spacial score (nSPS) is 16.4. The van der Waals surface area contributed by atoms with Crippen LogP contribution in [-0.4, -0.2) is 34.1 Å². The fourth-order valence-electron chi connectivity index (χ4n) is 5.44. The van der Waals surface area contributed by atoms with Crippen molar-refractivity contribution in [2.24, 2.45) is 15.0 Å². The summed E-state index contributed by atoms with van der Waals surface area (Å²) in [6, 6.07) is 11.9. The van der Waals surface area contributed by atoms with Crippen molar-refractivity contribution in [3.8, 4) is 0 Å². The fraction of sp³-hybridized carbons (Fsp3) is 0.125. The molecule has 184 valence electrons. The van der Waals surface area contributed by atoms with Gasteiger partial charge in [0, 0.05) is 69.4 Å². The number of pyridine rings is 3. The number of aliphatic imine (C=N–C) groups is 3. The lowest BCUT2D eigenvalue weighted by Crippen LogP contribution is -1.99. The summed E-state index contributed by atoms with van der Waals surface area (Å²) in [5.41, 5.74) is 9.55. The second-order valence-electron chi connectivity index (χ2n) is 8.77. The lowest BCUT2D eigenvalue weighted by molar-refractivity contribution is 0.940. The van der Waals surface area contributed by atoms with Gasteiger partial charge in [0.05, 0.1) is 34.0 Å². The molecule has 2 aromatic carbocycles. The molecular weight excluding hydrogens is 468 g/mol. The van der Waals surface area contributed by atoms with E-state index in [0.717, 1.165) is 71.9 Å². The molecule has 5 aromatic rings. The first-order valence-corrected chi connectivity index (χ1v) is 12.8. The van der Waals surface area contributed by atoms with Gasteiger partial charge in [0.1, 0.15) is 0 Å². The van der Waals surface area contributed by atoms with Crippen molar-refractivity contribution in [1.82, 2.24) is 15.0 Å². The van der Waals surface area contributed by atoms with E-state index in [1.807, 2.05) is 69.9 Å². The van der Waals surface area contributed by atoms with E-state index in [4.69, 9.17) is 9.98 Å². The molecule has 7 rings (SSSR count). The summed E-state index contributed by atoms with van der Waals surface area (Å²) in [7, 11) is 0. The zero-order valence-electron chi connectivity index (χ0n) is 21.6. The first-order valence-electron chi connectivity index (χ1n) is 12.8. The van der Waals surface area contributed by atoms with E-state index in [2.05, 4.69) is 57.0 Å². The molecule has 38 heavy (non-hydrogen) atoms. The highest BCUT2D eigenvalue weighted by atomic mass is 14.8. The molecule has 0 spiro atoms. The predicted molar refractivity (Wildman–Crippen MR) is 160 cm³/mol. The number of hydrogen-bond acceptors (Lipinski definition) is 6. The molecule has 1 unspecified atom stereocenters. The molecule has 2 aliphatic rings. The molecule has 2 aliphatic heterocycles. The highest BCUT2D eigenvalue weighted by molar-refractivity contribution is 6.20. The molecule has 0 amide bonds. The van der Waals surface area contributed by atoms with E-state index in [9.17, 15) is 0 Å². The number of benzene rings is 2. The Bertz CT molecular complexity index is 1880. The Labute approximate surface area is 221 Å². The molecule has 0 fully saturated rings. The van der Waals surface area contributed by atoms with Crippen LogP contribution in [0.2, 0.25) is 0 Å². The van der Waals surface area contributed by atoms with Crippen molar-refractivity contribution in [2.75, 3.05) is 0 Å². The first-order chi connectivity index (χ1) is 18.8. The van der Waals surface area contributed by atoms with Crippen LogP contribution in [0.4, 0.5) is 5.69 Å². The van der Waals surface area contributed by atoms with Crippen molar-refractivity contribution in [3.63, 3.8) is 0 Å². The lowest BCUT2D eigenvalue weighted by atomic mass is 9.90. The number of nitrogens with zero attached hydrogens (tertiary/aromatic N) is 6. The number of hydrogen-bond donors (Lipinski definition) is 0. The number of rotatable bonds is 3. The Morgan fingerprint density at radius 2 is 1.45 bits per heavy atom. The summed E-state index contributed by atoms with van der Waals surface area (Å²) in [6.07, 6.45) is 15.5. The Morgan fingerprint density at radius 3 is 2.13 bits per heavy atom. The summed E-state index contributed by atoms with van der Waals surface area (Å²) < 4.78 is 0. The van der Waals surface area contributed by atoms with Gasteiger partial charge < -0.3 is 0 Å². The predicted octanol–water partition coefficient (Wildman–Crippen LogP) is 7.67. The molecule has 5 heterocycles. The second kappa shape index (κ2) is 9.56. The zero-order valence-corrected chi connectivity index (χ0v) is 21.6. The maximum Gasteiger partial charge on any atom is 0.0971 e. The molecule has 0 bridgehead atoms. The molecule has 0 saturated heterocycles. The second-order valence-corrected chi connectivity index (χ2v) is 8.77. The van der Waals surface area contributed by atoms with Crippen LogP contribution >= 0.6 is 0 Å². The third-order valence-corrected chi connectivity index (χ3v) is 6.88. The van der Waals surface area contributed by atoms with Gasteiger partial charge in [0.15, 0.2) is 0 Å². The minimum atomic E-state index is -0.217. The van der Waals surface area contributed by atoms with Gasteiger partial charge in [0.2, 0.25) is 0 Å². The zero-order chi connectivity index (χ0) is 26.2. The van der Waals surface area contributed by atoms with E-state index < -0.39 is 0 Å². The van der Waals surface area contributed by atoms with E-state index in [1.54, 1.807) is 6.20 Å². The van der Waals surface area contributed by atoms with Gasteiger partial charge in [-0.05, 0) is 43.5 Å². The molecule has 0 N–H and O–H groups in total. The van der Waals surface area contributed by atoms with Crippen molar-refractivity contribution >= 4 is 69.3 Å². The van der Waals surface area contributed by atoms with Gasteiger partial charge in [-0.2, -0.15) is 0 Å². The van der Waals surface area contributed by atoms with E-state index >= 15 is 0 Å². The molecular formula is C32H26N6. The number of allylic oxidation sites excluding steroid dienone is 1. The molecule has 1 atom stereocenters. The number of fused-ring (bicyclic) bond motifs is 9. The van der Waals surface area contributed by atoms with Gasteiger partial charge in [-0.1, -0.05) is 44.2 Å². The molecule has 3 aromatic heterocycles. The van der Waals surface area contributed by atoms with Crippen molar-refractivity contribution in [1.29, 1.82) is 0 Å². The van der Waals surface area contributed by atoms with Crippen LogP contribution in [0.15, 0.2) is 82.1 Å². The summed E-state index contributed by atoms with van der Waals surface area (Å²) >= 11 is 0. The van der Waals surface area contributed by atoms with Gasteiger partial charge in [-0.3, -0.25) is 29.9 Å². The lowest BCUT2D eigenvalue weighted by Gasteiger charge is -2.16. The summed E-state index contributed by atoms with van der Waals surface area (Å²) in [5, 5.41) is 3.11. The van der Waals surface area contributed by atoms with Crippen LogP contribution in [0.25, 0.3) is 44.5 Å². The topological polar surface area (TPSA) is 75.8 Å². The van der Waals surface area contributed by atoms with Gasteiger partial charge in [0.25, 0.3) is 0 Å². The number of aromatic nitrogens is 3. The average molecular weight is 495 g/mol.